The molecule has 0 radical (unpaired) electrons. The van der Waals surface area contributed by atoms with E-state index in [9.17, 15) is 18.0 Å². The highest BCUT2D eigenvalue weighted by Crippen LogP contribution is 2.34. The van der Waals surface area contributed by atoms with E-state index in [1.54, 1.807) is 24.3 Å². The Morgan fingerprint density at radius 1 is 1.07 bits per heavy atom. The van der Waals surface area contributed by atoms with Gasteiger partial charge in [0.25, 0.3) is 5.91 Å². The number of amides is 1. The molecule has 0 saturated carbocycles. The van der Waals surface area contributed by atoms with Crippen LogP contribution in [0.15, 0.2) is 48.5 Å². The van der Waals surface area contributed by atoms with E-state index in [1.807, 2.05) is 13.8 Å². The third-order valence-corrected chi connectivity index (χ3v) is 4.49. The SMILES string of the molecule is CC(C)NC(=O)c1ccc2c(-c3ccc(C(F)(F)F)cc3)cc3nnnn3c2c1. The first-order valence-electron chi connectivity index (χ1n) is 8.87. The number of nitrogens with zero attached hydrogens (tertiary/aromatic N) is 4. The number of tetrazole rings is 1. The quantitative estimate of drug-likeness (QED) is 0.563. The number of halogens is 3. The van der Waals surface area contributed by atoms with E-state index in [-0.39, 0.29) is 11.9 Å². The molecule has 2 aromatic carbocycles. The van der Waals surface area contributed by atoms with Crippen LogP contribution in [-0.4, -0.2) is 32.0 Å². The van der Waals surface area contributed by atoms with Gasteiger partial charge in [-0.1, -0.05) is 18.2 Å². The van der Waals surface area contributed by atoms with Gasteiger partial charge >= 0.3 is 6.18 Å². The van der Waals surface area contributed by atoms with Gasteiger partial charge in [0, 0.05) is 17.0 Å². The first-order valence-corrected chi connectivity index (χ1v) is 8.87. The Morgan fingerprint density at radius 3 is 2.45 bits per heavy atom. The molecule has 0 spiro atoms. The summed E-state index contributed by atoms with van der Waals surface area (Å²) in [7, 11) is 0. The number of alkyl halides is 3. The fraction of sp³-hybridized carbons (Fsp3) is 0.200. The van der Waals surface area contributed by atoms with Crippen molar-refractivity contribution in [3.63, 3.8) is 0 Å². The van der Waals surface area contributed by atoms with Crippen LogP contribution < -0.4 is 5.32 Å². The Bertz CT molecular complexity index is 1210. The number of aromatic nitrogens is 4. The van der Waals surface area contributed by atoms with Crippen molar-refractivity contribution in [1.29, 1.82) is 0 Å². The third-order valence-electron chi connectivity index (χ3n) is 4.49. The average molecular weight is 399 g/mol. The normalized spacial score (nSPS) is 12.1. The minimum absolute atomic E-state index is 0.0234. The molecule has 0 fully saturated rings. The summed E-state index contributed by atoms with van der Waals surface area (Å²) >= 11 is 0. The topological polar surface area (TPSA) is 72.2 Å². The zero-order chi connectivity index (χ0) is 20.8. The Hall–Kier alpha value is -3.49. The van der Waals surface area contributed by atoms with Crippen LogP contribution in [0.4, 0.5) is 13.2 Å². The smallest absolute Gasteiger partial charge is 0.350 e. The van der Waals surface area contributed by atoms with E-state index in [0.717, 1.165) is 12.1 Å². The largest absolute Gasteiger partial charge is 0.416 e. The summed E-state index contributed by atoms with van der Waals surface area (Å²) in [4.78, 5) is 12.4. The maximum absolute atomic E-state index is 12.9. The van der Waals surface area contributed by atoms with Crippen molar-refractivity contribution >= 4 is 22.5 Å². The fourth-order valence-corrected chi connectivity index (χ4v) is 3.16. The van der Waals surface area contributed by atoms with Crippen molar-refractivity contribution in [3.8, 4) is 11.1 Å². The number of nitrogens with one attached hydrogen (secondary N) is 1. The monoisotopic (exact) mass is 399 g/mol. The van der Waals surface area contributed by atoms with Crippen molar-refractivity contribution in [2.45, 2.75) is 26.1 Å². The van der Waals surface area contributed by atoms with Gasteiger partial charge in [-0.15, -0.1) is 5.10 Å². The number of hydrogen-bond acceptors (Lipinski definition) is 4. The van der Waals surface area contributed by atoms with Crippen molar-refractivity contribution in [2.75, 3.05) is 0 Å². The molecule has 0 bridgehead atoms. The molecule has 2 heterocycles. The number of fused-ring (bicyclic) bond motifs is 3. The second kappa shape index (κ2) is 6.84. The summed E-state index contributed by atoms with van der Waals surface area (Å²) < 4.78 is 40.1. The van der Waals surface area contributed by atoms with E-state index >= 15 is 0 Å². The van der Waals surface area contributed by atoms with Crippen molar-refractivity contribution in [2.24, 2.45) is 0 Å². The molecule has 0 aliphatic rings. The van der Waals surface area contributed by atoms with Crippen LogP contribution in [0, 0.1) is 0 Å². The van der Waals surface area contributed by atoms with E-state index in [2.05, 4.69) is 20.8 Å². The third kappa shape index (κ3) is 3.51. The molecule has 148 valence electrons. The predicted octanol–water partition coefficient (Wildman–Crippen LogP) is 4.10. The van der Waals surface area contributed by atoms with E-state index in [4.69, 9.17) is 0 Å². The van der Waals surface area contributed by atoms with Crippen LogP contribution in [-0.2, 0) is 6.18 Å². The zero-order valence-corrected chi connectivity index (χ0v) is 15.5. The molecule has 6 nitrogen and oxygen atoms in total. The van der Waals surface area contributed by atoms with Gasteiger partial charge in [0.05, 0.1) is 11.1 Å². The summed E-state index contributed by atoms with van der Waals surface area (Å²) in [5.74, 6) is -0.233. The summed E-state index contributed by atoms with van der Waals surface area (Å²) in [6.07, 6.45) is -4.40. The summed E-state index contributed by atoms with van der Waals surface area (Å²) in [5, 5.41) is 15.1. The molecule has 0 unspecified atom stereocenters. The average Bonchev–Trinajstić information content (AvgIpc) is 3.14. The summed E-state index contributed by atoms with van der Waals surface area (Å²) in [6.45, 7) is 3.72. The Kier molecular flexibility index (Phi) is 4.45. The molecule has 0 atom stereocenters. The summed E-state index contributed by atoms with van der Waals surface area (Å²) in [6, 6.07) is 11.7. The maximum Gasteiger partial charge on any atom is 0.416 e. The highest BCUT2D eigenvalue weighted by atomic mass is 19.4. The number of hydrogen-bond donors (Lipinski definition) is 1. The molecule has 4 rings (SSSR count). The summed E-state index contributed by atoms with van der Waals surface area (Å²) in [5.41, 5.74) is 1.99. The molecular formula is C20H16F3N5O. The molecule has 0 aliphatic carbocycles. The van der Waals surface area contributed by atoms with Gasteiger partial charge in [0.1, 0.15) is 0 Å². The molecule has 2 aromatic heterocycles. The predicted molar refractivity (Wildman–Crippen MR) is 101 cm³/mol. The Morgan fingerprint density at radius 2 is 1.79 bits per heavy atom. The molecule has 1 amide bonds. The number of pyridine rings is 1. The number of carbonyl (C=O) groups excluding carboxylic acids is 1. The Balaban J connectivity index is 1.89. The minimum Gasteiger partial charge on any atom is -0.350 e. The fourth-order valence-electron chi connectivity index (χ4n) is 3.16. The van der Waals surface area contributed by atoms with Gasteiger partial charge in [-0.3, -0.25) is 4.79 Å². The molecular weight excluding hydrogens is 383 g/mol. The highest BCUT2D eigenvalue weighted by Gasteiger charge is 2.30. The van der Waals surface area contributed by atoms with Crippen LogP contribution >= 0.6 is 0 Å². The molecule has 0 saturated heterocycles. The van der Waals surface area contributed by atoms with Gasteiger partial charge in [-0.2, -0.15) is 17.7 Å². The van der Waals surface area contributed by atoms with Crippen molar-refractivity contribution in [3.05, 3.63) is 59.7 Å². The van der Waals surface area contributed by atoms with Crippen LogP contribution in [0.5, 0.6) is 0 Å². The van der Waals surface area contributed by atoms with Gasteiger partial charge in [0.2, 0.25) is 0 Å². The second-order valence-corrected chi connectivity index (χ2v) is 6.94. The van der Waals surface area contributed by atoms with Crippen LogP contribution in [0.25, 0.3) is 27.7 Å². The first-order chi connectivity index (χ1) is 13.7. The first kappa shape index (κ1) is 18.9. The molecule has 29 heavy (non-hydrogen) atoms. The highest BCUT2D eigenvalue weighted by molar-refractivity contribution is 6.02. The lowest BCUT2D eigenvalue weighted by molar-refractivity contribution is -0.137. The van der Waals surface area contributed by atoms with E-state index in [0.29, 0.717) is 33.2 Å². The standard InChI is InChI=1S/C20H16F3N5O/c1-11(2)24-19(29)13-5-8-15-16(10-18-25-26-27-28(18)17(15)9-13)12-3-6-14(7-4-12)20(21,22)23/h3-11H,1-2H3,(H,24,29). The molecule has 9 heteroatoms. The van der Waals surface area contributed by atoms with E-state index < -0.39 is 11.7 Å². The van der Waals surface area contributed by atoms with Gasteiger partial charge in [-0.05, 0) is 65.7 Å². The zero-order valence-electron chi connectivity index (χ0n) is 15.5. The van der Waals surface area contributed by atoms with Crippen molar-refractivity contribution < 1.29 is 18.0 Å². The number of benzene rings is 2. The molecule has 4 aromatic rings. The molecule has 0 aliphatic heterocycles. The number of rotatable bonds is 3. The van der Waals surface area contributed by atoms with Crippen LogP contribution in [0.1, 0.15) is 29.8 Å². The van der Waals surface area contributed by atoms with Crippen LogP contribution in [0.3, 0.4) is 0 Å². The lowest BCUT2D eigenvalue weighted by atomic mass is 9.98. The van der Waals surface area contributed by atoms with Crippen molar-refractivity contribution in [1.82, 2.24) is 25.4 Å². The van der Waals surface area contributed by atoms with Gasteiger partial charge in [-0.25, -0.2) is 0 Å². The number of carbonyl (C=O) groups is 1. The van der Waals surface area contributed by atoms with E-state index in [1.165, 1.54) is 16.6 Å². The lowest BCUT2D eigenvalue weighted by Crippen LogP contribution is -2.30. The minimum atomic E-state index is -4.40. The maximum atomic E-state index is 12.9. The van der Waals surface area contributed by atoms with Gasteiger partial charge < -0.3 is 5.32 Å². The molecule has 1 N–H and O–H groups in total. The second-order valence-electron chi connectivity index (χ2n) is 6.94. The van der Waals surface area contributed by atoms with Crippen LogP contribution in [0.2, 0.25) is 0 Å². The van der Waals surface area contributed by atoms with Gasteiger partial charge in [0.15, 0.2) is 5.65 Å². The Labute approximate surface area is 163 Å². The lowest BCUT2D eigenvalue weighted by Gasteiger charge is -2.12.